The van der Waals surface area contributed by atoms with Gasteiger partial charge in [0.2, 0.25) is 5.91 Å². The van der Waals surface area contributed by atoms with Crippen LogP contribution in [-0.4, -0.2) is 16.8 Å². The smallest absolute Gasteiger partial charge is 0.257 e. The van der Waals surface area contributed by atoms with Crippen LogP contribution < -0.4 is 10.6 Å². The first-order valence-corrected chi connectivity index (χ1v) is 8.88. The van der Waals surface area contributed by atoms with Crippen LogP contribution in [0.2, 0.25) is 0 Å². The van der Waals surface area contributed by atoms with Crippen LogP contribution in [-0.2, 0) is 4.79 Å². The van der Waals surface area contributed by atoms with Gasteiger partial charge < -0.3 is 5.32 Å². The van der Waals surface area contributed by atoms with E-state index in [1.807, 2.05) is 48.5 Å². The van der Waals surface area contributed by atoms with Crippen LogP contribution in [0.3, 0.4) is 0 Å². The molecule has 0 radical (unpaired) electrons. The number of nitrogens with one attached hydrogen (secondary N) is 2. The molecule has 0 saturated heterocycles. The van der Waals surface area contributed by atoms with Gasteiger partial charge in [-0.3, -0.25) is 14.9 Å². The molecular formula is C20H15N3O2S. The second-order valence-electron chi connectivity index (χ2n) is 5.90. The minimum atomic E-state index is -0.197. The van der Waals surface area contributed by atoms with Gasteiger partial charge in [-0.1, -0.05) is 41.7 Å². The fraction of sp³-hybridized carbons (Fsp3) is 0.0500. The van der Waals surface area contributed by atoms with Crippen molar-refractivity contribution in [2.24, 2.45) is 0 Å². The maximum atomic E-state index is 12.5. The molecule has 0 atom stereocenters. The van der Waals surface area contributed by atoms with Crippen molar-refractivity contribution in [2.75, 3.05) is 10.6 Å². The number of carbonyl (C=O) groups excluding carboxylic acids is 2. The molecule has 26 heavy (non-hydrogen) atoms. The van der Waals surface area contributed by atoms with E-state index < -0.39 is 0 Å². The van der Waals surface area contributed by atoms with Crippen molar-refractivity contribution in [1.82, 2.24) is 4.98 Å². The average molecular weight is 361 g/mol. The van der Waals surface area contributed by atoms with Gasteiger partial charge in [-0.15, -0.1) is 0 Å². The van der Waals surface area contributed by atoms with E-state index in [2.05, 4.69) is 15.6 Å². The van der Waals surface area contributed by atoms with E-state index in [-0.39, 0.29) is 11.8 Å². The molecule has 0 unspecified atom stereocenters. The van der Waals surface area contributed by atoms with E-state index in [4.69, 9.17) is 0 Å². The Labute approximate surface area is 153 Å². The first kappa shape index (κ1) is 16.2. The van der Waals surface area contributed by atoms with Crippen molar-refractivity contribution in [2.45, 2.75) is 6.92 Å². The molecule has 0 aliphatic carbocycles. The molecule has 0 aliphatic rings. The zero-order valence-corrected chi connectivity index (χ0v) is 14.8. The van der Waals surface area contributed by atoms with Crippen LogP contribution in [0.25, 0.3) is 21.0 Å². The summed E-state index contributed by atoms with van der Waals surface area (Å²) in [5, 5.41) is 8.23. The molecule has 2 N–H and O–H groups in total. The van der Waals surface area contributed by atoms with Crippen LogP contribution in [0.15, 0.2) is 60.7 Å². The molecule has 2 amide bonds. The number of hydrogen-bond acceptors (Lipinski definition) is 4. The van der Waals surface area contributed by atoms with Gasteiger partial charge in [0.1, 0.15) is 0 Å². The fourth-order valence-corrected chi connectivity index (χ4v) is 3.66. The molecule has 4 aromatic rings. The molecule has 4 rings (SSSR count). The maximum Gasteiger partial charge on any atom is 0.257 e. The van der Waals surface area contributed by atoms with Gasteiger partial charge >= 0.3 is 0 Å². The van der Waals surface area contributed by atoms with Gasteiger partial charge in [0, 0.05) is 18.2 Å². The Bertz CT molecular complexity index is 1150. The monoisotopic (exact) mass is 361 g/mol. The highest BCUT2D eigenvalue weighted by atomic mass is 32.1. The first-order valence-electron chi connectivity index (χ1n) is 8.07. The predicted octanol–water partition coefficient (Wildman–Crippen LogP) is 4.66. The summed E-state index contributed by atoms with van der Waals surface area (Å²) < 4.78 is 0.894. The summed E-state index contributed by atoms with van der Waals surface area (Å²) >= 11 is 1.37. The number of carbonyl (C=O) groups is 2. The summed E-state index contributed by atoms with van der Waals surface area (Å²) in [7, 11) is 0. The third-order valence-electron chi connectivity index (χ3n) is 3.94. The van der Waals surface area contributed by atoms with Gasteiger partial charge in [-0.25, -0.2) is 4.98 Å². The van der Waals surface area contributed by atoms with Crippen molar-refractivity contribution in [3.63, 3.8) is 0 Å². The molecule has 0 fully saturated rings. The second-order valence-corrected chi connectivity index (χ2v) is 6.93. The predicted molar refractivity (Wildman–Crippen MR) is 106 cm³/mol. The van der Waals surface area contributed by atoms with E-state index in [0.717, 1.165) is 21.0 Å². The highest BCUT2D eigenvalue weighted by Crippen LogP contribution is 2.29. The highest BCUT2D eigenvalue weighted by Gasteiger charge is 2.11. The van der Waals surface area contributed by atoms with Crippen molar-refractivity contribution < 1.29 is 9.59 Å². The lowest BCUT2D eigenvalue weighted by molar-refractivity contribution is -0.114. The first-order chi connectivity index (χ1) is 12.6. The van der Waals surface area contributed by atoms with Crippen molar-refractivity contribution in [3.05, 3.63) is 66.2 Å². The van der Waals surface area contributed by atoms with Crippen LogP contribution in [0, 0.1) is 0 Å². The Kier molecular flexibility index (Phi) is 4.10. The van der Waals surface area contributed by atoms with Gasteiger partial charge in [-0.2, -0.15) is 0 Å². The third kappa shape index (κ3) is 3.27. The lowest BCUT2D eigenvalue weighted by Gasteiger charge is -2.03. The van der Waals surface area contributed by atoms with E-state index >= 15 is 0 Å². The van der Waals surface area contributed by atoms with Crippen molar-refractivity contribution in [3.8, 4) is 0 Å². The van der Waals surface area contributed by atoms with E-state index in [0.29, 0.717) is 16.4 Å². The van der Waals surface area contributed by atoms with Crippen LogP contribution in [0.4, 0.5) is 10.8 Å². The van der Waals surface area contributed by atoms with E-state index in [9.17, 15) is 9.59 Å². The maximum absolute atomic E-state index is 12.5. The lowest BCUT2D eigenvalue weighted by Crippen LogP contribution is -2.11. The molecule has 0 aliphatic heterocycles. The molecule has 0 bridgehead atoms. The van der Waals surface area contributed by atoms with Gasteiger partial charge in [0.05, 0.1) is 10.2 Å². The quantitative estimate of drug-likeness (QED) is 0.557. The largest absolute Gasteiger partial charge is 0.326 e. The standard InChI is InChI=1S/C20H15N3O2S/c1-12(24)21-16-8-9-17-18(11-16)26-20(22-17)23-19(25)15-7-6-13-4-2-3-5-14(13)10-15/h2-11H,1H3,(H,21,24)(H,22,23,25). The number of benzene rings is 3. The van der Waals surface area contributed by atoms with Gasteiger partial charge in [0.15, 0.2) is 5.13 Å². The zero-order chi connectivity index (χ0) is 18.1. The second kappa shape index (κ2) is 6.57. The third-order valence-corrected chi connectivity index (χ3v) is 4.87. The molecular weight excluding hydrogens is 346 g/mol. The van der Waals surface area contributed by atoms with Gasteiger partial charge in [-0.05, 0) is 41.1 Å². The molecule has 1 aromatic heterocycles. The fourth-order valence-electron chi connectivity index (χ4n) is 2.76. The molecule has 3 aromatic carbocycles. The number of hydrogen-bond donors (Lipinski definition) is 2. The normalized spacial score (nSPS) is 10.8. The summed E-state index contributed by atoms with van der Waals surface area (Å²) in [5.74, 6) is -0.324. The van der Waals surface area contributed by atoms with Gasteiger partial charge in [0.25, 0.3) is 5.91 Å². The lowest BCUT2D eigenvalue weighted by atomic mass is 10.1. The van der Waals surface area contributed by atoms with Crippen molar-refractivity contribution in [1.29, 1.82) is 0 Å². The Morgan fingerprint density at radius 3 is 2.54 bits per heavy atom. The number of anilines is 2. The molecule has 1 heterocycles. The van der Waals surface area contributed by atoms with E-state index in [1.165, 1.54) is 18.3 Å². The summed E-state index contributed by atoms with van der Waals surface area (Å²) in [6.45, 7) is 1.46. The van der Waals surface area contributed by atoms with Crippen LogP contribution in [0.5, 0.6) is 0 Å². The molecule has 128 valence electrons. The van der Waals surface area contributed by atoms with Crippen LogP contribution >= 0.6 is 11.3 Å². The number of thiazole rings is 1. The zero-order valence-electron chi connectivity index (χ0n) is 13.9. The molecule has 5 nitrogen and oxygen atoms in total. The Morgan fingerprint density at radius 1 is 0.923 bits per heavy atom. The van der Waals surface area contributed by atoms with Crippen LogP contribution in [0.1, 0.15) is 17.3 Å². The summed E-state index contributed by atoms with van der Waals surface area (Å²) in [4.78, 5) is 28.1. The minimum absolute atomic E-state index is 0.126. The number of aromatic nitrogens is 1. The number of amides is 2. The molecule has 0 saturated carbocycles. The number of fused-ring (bicyclic) bond motifs is 2. The summed E-state index contributed by atoms with van der Waals surface area (Å²) in [6.07, 6.45) is 0. The molecule has 6 heteroatoms. The number of rotatable bonds is 3. The van der Waals surface area contributed by atoms with Crippen molar-refractivity contribution >= 4 is 55.0 Å². The average Bonchev–Trinajstić information content (AvgIpc) is 3.02. The summed E-state index contributed by atoms with van der Waals surface area (Å²) in [5.41, 5.74) is 2.07. The minimum Gasteiger partial charge on any atom is -0.326 e. The Balaban J connectivity index is 1.59. The number of nitrogens with zero attached hydrogens (tertiary/aromatic N) is 1. The topological polar surface area (TPSA) is 71.1 Å². The molecule has 0 spiro atoms. The SMILES string of the molecule is CC(=O)Nc1ccc2nc(NC(=O)c3ccc4ccccc4c3)sc2c1. The Hall–Kier alpha value is -3.25. The summed E-state index contributed by atoms with van der Waals surface area (Å²) in [6, 6.07) is 19.0. The highest BCUT2D eigenvalue weighted by molar-refractivity contribution is 7.22. The van der Waals surface area contributed by atoms with E-state index in [1.54, 1.807) is 12.1 Å². The Morgan fingerprint density at radius 2 is 1.73 bits per heavy atom.